The van der Waals surface area contributed by atoms with Gasteiger partial charge in [0.1, 0.15) is 68.4 Å². The lowest BCUT2D eigenvalue weighted by molar-refractivity contribution is -0.172. The number of unbranched alkanes of at least 4 members (excludes halogenated alkanes) is 1. The van der Waals surface area contributed by atoms with E-state index < -0.39 is 141 Å². The highest BCUT2D eigenvalue weighted by Crippen LogP contribution is 2.46. The number of pyridine rings is 2. The van der Waals surface area contributed by atoms with Gasteiger partial charge in [0, 0.05) is 60.6 Å². The number of carboxylic acids is 1. The molecular formula is C79H110FN13O22Si. The maximum absolute atomic E-state index is 15.5. The summed E-state index contributed by atoms with van der Waals surface area (Å²) in [7, 11) is -1.64. The molecule has 15 N–H and O–H groups in total. The molecule has 0 radical (unpaired) electrons. The second-order valence-corrected chi connectivity index (χ2v) is 31.0. The van der Waals surface area contributed by atoms with Crippen molar-refractivity contribution in [2.45, 2.75) is 198 Å². The molecule has 2 aliphatic carbocycles. The van der Waals surface area contributed by atoms with E-state index in [1.165, 1.54) is 22.8 Å². The number of benzene rings is 2. The van der Waals surface area contributed by atoms with Crippen molar-refractivity contribution in [1.82, 2.24) is 52.1 Å². The molecule has 2 aromatic carbocycles. The predicted octanol–water partition coefficient (Wildman–Crippen LogP) is 1.98. The van der Waals surface area contributed by atoms with Gasteiger partial charge in [-0.3, -0.25) is 43.2 Å². The van der Waals surface area contributed by atoms with Crippen molar-refractivity contribution in [3.05, 3.63) is 91.5 Å². The first kappa shape index (κ1) is 91.5. The lowest BCUT2D eigenvalue weighted by Gasteiger charge is -2.35. The summed E-state index contributed by atoms with van der Waals surface area (Å²) in [6.45, 7) is 8.99. The summed E-state index contributed by atoms with van der Waals surface area (Å²) in [4.78, 5) is 164. The first-order valence-electron chi connectivity index (χ1n) is 39.6. The second kappa shape index (κ2) is 45.5. The molecule has 10 amide bonds. The Morgan fingerprint density at radius 1 is 0.784 bits per heavy atom. The van der Waals surface area contributed by atoms with E-state index in [4.69, 9.17) is 54.3 Å². The summed E-state index contributed by atoms with van der Waals surface area (Å²) in [5, 5.41) is 44.5. The molecule has 634 valence electrons. The Morgan fingerprint density at radius 3 is 2.18 bits per heavy atom. The van der Waals surface area contributed by atoms with Crippen LogP contribution < -0.4 is 64.9 Å². The van der Waals surface area contributed by atoms with Gasteiger partial charge in [-0.15, -0.1) is 5.92 Å². The molecule has 0 spiro atoms. The van der Waals surface area contributed by atoms with E-state index in [9.17, 15) is 67.7 Å². The van der Waals surface area contributed by atoms with E-state index in [0.29, 0.717) is 109 Å². The van der Waals surface area contributed by atoms with E-state index in [2.05, 4.69) is 59.7 Å². The summed E-state index contributed by atoms with van der Waals surface area (Å²) in [5.74, 6) is -1.35. The summed E-state index contributed by atoms with van der Waals surface area (Å²) in [5.41, 5.74) is 12.7. The zero-order valence-corrected chi connectivity index (χ0v) is 67.9. The van der Waals surface area contributed by atoms with Gasteiger partial charge in [0.15, 0.2) is 5.60 Å². The molecule has 2 aliphatic heterocycles. The highest BCUT2D eigenvalue weighted by atomic mass is 28.2. The van der Waals surface area contributed by atoms with Crippen LogP contribution in [0.5, 0.6) is 0 Å². The number of hydrogen-bond donors (Lipinski definition) is 13. The predicted molar refractivity (Wildman–Crippen MR) is 422 cm³/mol. The fourth-order valence-corrected chi connectivity index (χ4v) is 15.3. The number of aryl methyl sites for hydroxylation is 1. The number of nitrogens with two attached hydrogens (primary N) is 2. The normalized spacial score (nSPS) is 17.2. The molecule has 7 atom stereocenters. The largest absolute Gasteiger partial charge is 0.481 e. The number of primary amides is 1. The van der Waals surface area contributed by atoms with Gasteiger partial charge in [-0.1, -0.05) is 51.8 Å². The van der Waals surface area contributed by atoms with Crippen molar-refractivity contribution in [2.24, 2.45) is 17.4 Å². The molecule has 37 heteroatoms. The van der Waals surface area contributed by atoms with Crippen molar-refractivity contribution in [2.75, 3.05) is 97.8 Å². The SMILES string of the molecule is CC[C@@]1(O)C(=O)OCc2c1cc1n(c2=O)Cc2c-1nc1cc(F)c(C)c3c1c2[C@@H](NC(=O)COCNC(=O)[C@H](CCCCN)NC(=O)OCc1ccc(NC(=O)[C@H](CCCNC(N)=O)NC(=O)[C@@H](NC(=O)C(CCC(=O)O)(NC(=O)CCOCCOCCOCCOCCNC(=O)COC2C#CCCCCC2)[SiH2]C)C(C)C)cc1)CC3. The van der Waals surface area contributed by atoms with Crippen LogP contribution in [0.1, 0.15) is 162 Å². The number of cyclic esters (lactones) is 1. The van der Waals surface area contributed by atoms with Crippen molar-refractivity contribution < 1.29 is 105 Å². The number of carbonyl (C=O) groups is 11. The summed E-state index contributed by atoms with van der Waals surface area (Å²) in [6, 6.07) is 3.79. The minimum absolute atomic E-state index is 0.0282. The van der Waals surface area contributed by atoms with Gasteiger partial charge in [-0.2, -0.15) is 0 Å². The minimum atomic E-state index is -2.08. The third-order valence-electron chi connectivity index (χ3n) is 20.6. The molecule has 4 heterocycles. The minimum Gasteiger partial charge on any atom is -0.481 e. The molecule has 4 aromatic rings. The summed E-state index contributed by atoms with van der Waals surface area (Å²) < 4.78 is 61.2. The van der Waals surface area contributed by atoms with Gasteiger partial charge < -0.3 is 112 Å². The Morgan fingerprint density at radius 2 is 1.49 bits per heavy atom. The number of fused-ring (bicyclic) bond motifs is 5. The first-order chi connectivity index (χ1) is 55.7. The first-order valence-corrected chi connectivity index (χ1v) is 41.7. The molecule has 0 fully saturated rings. The van der Waals surface area contributed by atoms with E-state index in [0.717, 1.165) is 32.1 Å². The number of anilines is 1. The molecule has 0 bridgehead atoms. The quantitative estimate of drug-likeness (QED) is 0.00870. The Kier molecular flexibility index (Phi) is 35.9. The number of amides is 10. The van der Waals surface area contributed by atoms with Crippen molar-refractivity contribution in [1.29, 1.82) is 0 Å². The zero-order valence-electron chi connectivity index (χ0n) is 66.5. The van der Waals surface area contributed by atoms with E-state index in [-0.39, 0.29) is 133 Å². The van der Waals surface area contributed by atoms with Crippen LogP contribution in [0.4, 0.5) is 19.7 Å². The third-order valence-corrected chi connectivity index (χ3v) is 22.6. The van der Waals surface area contributed by atoms with Crippen molar-refractivity contribution in [3.63, 3.8) is 0 Å². The average molecular weight is 1640 g/mol. The number of aliphatic hydroxyl groups is 1. The number of halogens is 1. The van der Waals surface area contributed by atoms with Crippen LogP contribution in [-0.2, 0) is 113 Å². The average Bonchev–Trinajstić information content (AvgIpc) is 1.52. The van der Waals surface area contributed by atoms with Gasteiger partial charge >= 0.3 is 24.1 Å². The molecule has 8 rings (SSSR count). The summed E-state index contributed by atoms with van der Waals surface area (Å²) in [6.07, 6.45) is 4.61. The Hall–Kier alpha value is -10.0. The number of hydrogen-bond acceptors (Lipinski definition) is 23. The number of carboxylic acid groups (broad SMARTS) is 1. The Bertz CT molecular complexity index is 4270. The van der Waals surface area contributed by atoms with Crippen LogP contribution in [0.25, 0.3) is 22.3 Å². The van der Waals surface area contributed by atoms with E-state index in [1.54, 1.807) is 52.4 Å². The number of rotatable bonds is 48. The third kappa shape index (κ3) is 26.0. The maximum Gasteiger partial charge on any atom is 0.408 e. The molecule has 2 aromatic heterocycles. The number of aliphatic carboxylic acids is 1. The van der Waals surface area contributed by atoms with Gasteiger partial charge in [0.05, 0.1) is 97.4 Å². The number of carbonyl (C=O) groups excluding carboxylic acids is 10. The van der Waals surface area contributed by atoms with Crippen LogP contribution in [0, 0.1) is 30.5 Å². The van der Waals surface area contributed by atoms with Crippen molar-refractivity contribution >= 4 is 91.5 Å². The Labute approximate surface area is 673 Å². The number of urea groups is 1. The smallest absolute Gasteiger partial charge is 0.408 e. The van der Waals surface area contributed by atoms with Gasteiger partial charge in [0.25, 0.3) is 5.56 Å². The standard InChI is InChI=1S/C79H110FN13O22Si/c1-6-78(107)55-39-61-69-53(41-93(61)73(102)54(55)43-114-75(78)104)67-57(24-23-52-48(4)56(80)40-60(88-69)66(52)67)87-64(96)44-112-46-85-70(99)58(17-12-13-28-81)90-77(106)115-42-49-19-21-50(22-20-49)86-71(100)59(18-14-29-84-76(82)105)89-72(101)68(47(2)3)91-74(103)79(116-5,27-25-65(97)98)92-62(94)26-31-108-33-35-110-37-38-111-36-34-109-32-30-83-63(95)45-113-51-15-10-8-7-9-11-16-51/h19-22,39-40,47,51,57-59,68,107H,6-10,12-15,17-18,23-38,41-46,81,116H2,1-5H3,(H,83,95)(H,85,99)(H,86,100)(H,87,96)(H,89,101)(H,90,106)(H,91,103)(H,92,94)(H,97,98)(H3,82,84,105)/t51?,57-,58-,59-,68-,78-,79?/m0/s1. The summed E-state index contributed by atoms with van der Waals surface area (Å²) >= 11 is 0. The van der Waals surface area contributed by atoms with Crippen molar-refractivity contribution in [3.8, 4) is 23.2 Å². The lowest BCUT2D eigenvalue weighted by atomic mass is 9.81. The molecular weight excluding hydrogens is 1530 g/mol. The number of nitrogens with zero attached hydrogens (tertiary/aromatic N) is 2. The molecule has 35 nitrogen and oxygen atoms in total. The molecule has 116 heavy (non-hydrogen) atoms. The van der Waals surface area contributed by atoms with Crippen LogP contribution >= 0.6 is 0 Å². The second-order valence-electron chi connectivity index (χ2n) is 29.1. The highest BCUT2D eigenvalue weighted by Gasteiger charge is 2.47. The van der Waals surface area contributed by atoms with Gasteiger partial charge in [-0.05, 0) is 137 Å². The topological polar surface area (TPSA) is 497 Å². The number of ether oxygens (including phenoxy) is 8. The number of esters is 1. The monoisotopic (exact) mass is 1640 g/mol. The zero-order chi connectivity index (χ0) is 83.9. The van der Waals surface area contributed by atoms with Crippen LogP contribution in [0.2, 0.25) is 6.55 Å². The van der Waals surface area contributed by atoms with Gasteiger partial charge in [0.2, 0.25) is 41.4 Å². The van der Waals surface area contributed by atoms with Crippen LogP contribution in [-0.4, -0.2) is 217 Å². The van der Waals surface area contributed by atoms with E-state index >= 15 is 4.39 Å². The number of aromatic nitrogens is 2. The molecule has 2 unspecified atom stereocenters. The molecule has 0 saturated carbocycles. The highest BCUT2D eigenvalue weighted by molar-refractivity contribution is 6.46. The molecule has 4 aliphatic rings. The molecule has 0 saturated heterocycles. The number of nitrogens with one attached hydrogen (secondary N) is 9. The fourth-order valence-electron chi connectivity index (χ4n) is 14.0. The Balaban J connectivity index is 0.770. The fraction of sp³-hybridized carbons (Fsp3) is 0.582. The van der Waals surface area contributed by atoms with Gasteiger partial charge in [-0.25, -0.2) is 23.8 Å². The van der Waals surface area contributed by atoms with Crippen LogP contribution in [0.3, 0.4) is 0 Å². The van der Waals surface area contributed by atoms with Crippen LogP contribution in [0.15, 0.2) is 41.2 Å². The number of alkyl carbamates (subject to hydrolysis) is 1. The lowest BCUT2D eigenvalue weighted by Crippen LogP contribution is -2.66. The van der Waals surface area contributed by atoms with E-state index in [1.807, 2.05) is 0 Å². The maximum atomic E-state index is 15.5.